The van der Waals surface area contributed by atoms with Crippen molar-refractivity contribution >= 4 is 39.1 Å². The lowest BCUT2D eigenvalue weighted by molar-refractivity contribution is -0.384. The van der Waals surface area contributed by atoms with Crippen LogP contribution in [-0.4, -0.2) is 28.9 Å². The van der Waals surface area contributed by atoms with Crippen LogP contribution in [0.3, 0.4) is 0 Å². The van der Waals surface area contributed by atoms with E-state index in [0.717, 1.165) is 46.9 Å². The number of carbonyl (C=O) groups excluding carboxylic acids is 1. The van der Waals surface area contributed by atoms with Crippen LogP contribution in [0.15, 0.2) is 72.8 Å². The van der Waals surface area contributed by atoms with Crippen LogP contribution in [0.2, 0.25) is 0 Å². The Hall–Kier alpha value is -4.00. The van der Waals surface area contributed by atoms with Gasteiger partial charge in [-0.15, -0.1) is 0 Å². The Morgan fingerprint density at radius 1 is 0.839 bits per heavy atom. The minimum absolute atomic E-state index is 0.0289. The number of nitrogens with zero attached hydrogens (tertiary/aromatic N) is 2. The number of hydrogen-bond acceptors (Lipinski definition) is 5. The molecule has 0 radical (unpaired) electrons. The smallest absolute Gasteiger partial charge is 0.269 e. The van der Waals surface area contributed by atoms with Gasteiger partial charge in [-0.1, -0.05) is 36.4 Å². The maximum atomic E-state index is 12.2. The fourth-order valence-corrected chi connectivity index (χ4v) is 3.53. The van der Waals surface area contributed by atoms with Crippen molar-refractivity contribution in [2.45, 2.75) is 12.8 Å². The van der Waals surface area contributed by atoms with Crippen molar-refractivity contribution in [2.24, 2.45) is 0 Å². The molecule has 0 aliphatic rings. The molecule has 1 amide bonds. The monoisotopic (exact) mass is 414 g/mol. The van der Waals surface area contributed by atoms with E-state index in [9.17, 15) is 14.9 Å². The summed E-state index contributed by atoms with van der Waals surface area (Å²) >= 11 is 0. The highest BCUT2D eigenvalue weighted by atomic mass is 16.6. The van der Waals surface area contributed by atoms with Crippen LogP contribution < -0.4 is 10.6 Å². The topological polar surface area (TPSA) is 97.2 Å². The zero-order valence-electron chi connectivity index (χ0n) is 16.9. The Labute approximate surface area is 179 Å². The summed E-state index contributed by atoms with van der Waals surface area (Å²) in [5.41, 5.74) is 3.38. The van der Waals surface area contributed by atoms with Crippen LogP contribution in [0.4, 0.5) is 11.4 Å². The summed E-state index contributed by atoms with van der Waals surface area (Å²) in [7, 11) is 0. The third kappa shape index (κ3) is 4.61. The van der Waals surface area contributed by atoms with Gasteiger partial charge in [0.15, 0.2) is 0 Å². The number of aromatic nitrogens is 1. The number of nitro benzene ring substituents is 1. The summed E-state index contributed by atoms with van der Waals surface area (Å²) in [4.78, 5) is 27.1. The highest BCUT2D eigenvalue weighted by Crippen LogP contribution is 2.30. The van der Waals surface area contributed by atoms with Crippen molar-refractivity contribution in [3.63, 3.8) is 0 Å². The lowest BCUT2D eigenvalue weighted by Crippen LogP contribution is -2.24. The van der Waals surface area contributed by atoms with Gasteiger partial charge in [-0.2, -0.15) is 0 Å². The van der Waals surface area contributed by atoms with Crippen LogP contribution >= 0.6 is 0 Å². The number of non-ortho nitro benzene ring substituents is 1. The van der Waals surface area contributed by atoms with Gasteiger partial charge in [0.25, 0.3) is 11.6 Å². The van der Waals surface area contributed by atoms with E-state index >= 15 is 0 Å². The Bertz CT molecular complexity index is 1180. The second-order valence-corrected chi connectivity index (χ2v) is 7.21. The number of pyridine rings is 1. The first-order chi connectivity index (χ1) is 15.1. The predicted octanol–water partition coefficient (Wildman–Crippen LogP) is 4.92. The summed E-state index contributed by atoms with van der Waals surface area (Å²) in [5.74, 6) is -0.228. The standard InChI is InChI=1S/C24H22N4O3/c29-24(17-11-13-18(14-12-17)28(30)31)26-16-6-5-15-25-23-19-7-1-3-9-21(19)27-22-10-4-2-8-20(22)23/h1-4,7-14H,5-6,15-16H2,(H,25,27)(H,26,29). The van der Waals surface area contributed by atoms with Crippen LogP contribution in [-0.2, 0) is 0 Å². The molecule has 0 saturated carbocycles. The maximum Gasteiger partial charge on any atom is 0.269 e. The summed E-state index contributed by atoms with van der Waals surface area (Å²) in [5, 5.41) is 19.3. The molecule has 0 fully saturated rings. The highest BCUT2D eigenvalue weighted by molar-refractivity contribution is 6.07. The molecule has 31 heavy (non-hydrogen) atoms. The number of fused-ring (bicyclic) bond motifs is 2. The molecule has 3 aromatic carbocycles. The first kappa shape index (κ1) is 20.3. The minimum Gasteiger partial charge on any atom is -0.384 e. The summed E-state index contributed by atoms with van der Waals surface area (Å²) in [6.07, 6.45) is 1.69. The molecule has 156 valence electrons. The van der Waals surface area contributed by atoms with E-state index in [4.69, 9.17) is 4.98 Å². The fraction of sp³-hybridized carbons (Fsp3) is 0.167. The molecule has 7 heteroatoms. The number of anilines is 1. The lowest BCUT2D eigenvalue weighted by atomic mass is 10.1. The average Bonchev–Trinajstić information content (AvgIpc) is 2.80. The molecular weight excluding hydrogens is 392 g/mol. The van der Waals surface area contributed by atoms with Gasteiger partial charge in [0.1, 0.15) is 0 Å². The third-order valence-electron chi connectivity index (χ3n) is 5.12. The van der Waals surface area contributed by atoms with E-state index in [1.807, 2.05) is 36.4 Å². The van der Waals surface area contributed by atoms with Gasteiger partial charge in [-0.3, -0.25) is 14.9 Å². The predicted molar refractivity (Wildman–Crippen MR) is 122 cm³/mol. The summed E-state index contributed by atoms with van der Waals surface area (Å²) < 4.78 is 0. The summed E-state index contributed by atoms with van der Waals surface area (Å²) in [6.45, 7) is 1.31. The highest BCUT2D eigenvalue weighted by Gasteiger charge is 2.10. The van der Waals surface area contributed by atoms with Crippen molar-refractivity contribution in [2.75, 3.05) is 18.4 Å². The average molecular weight is 414 g/mol. The van der Waals surface area contributed by atoms with Gasteiger partial charge < -0.3 is 10.6 Å². The van der Waals surface area contributed by atoms with Crippen molar-refractivity contribution in [3.8, 4) is 0 Å². The molecule has 0 unspecified atom stereocenters. The maximum absolute atomic E-state index is 12.2. The molecule has 2 N–H and O–H groups in total. The quantitative estimate of drug-likeness (QED) is 0.185. The molecule has 7 nitrogen and oxygen atoms in total. The lowest BCUT2D eigenvalue weighted by Gasteiger charge is -2.13. The number of nitro groups is 1. The molecule has 1 heterocycles. The van der Waals surface area contributed by atoms with Gasteiger partial charge in [0.05, 0.1) is 21.6 Å². The minimum atomic E-state index is -0.482. The van der Waals surface area contributed by atoms with E-state index in [1.165, 1.54) is 24.3 Å². The Kier molecular flexibility index (Phi) is 6.03. The zero-order valence-corrected chi connectivity index (χ0v) is 16.9. The van der Waals surface area contributed by atoms with E-state index in [-0.39, 0.29) is 11.6 Å². The number of nitrogens with one attached hydrogen (secondary N) is 2. The molecule has 0 aliphatic carbocycles. The molecule has 0 bridgehead atoms. The number of carbonyl (C=O) groups is 1. The number of unbranched alkanes of at least 4 members (excludes halogenated alkanes) is 1. The van der Waals surface area contributed by atoms with Crippen LogP contribution in [0, 0.1) is 10.1 Å². The third-order valence-corrected chi connectivity index (χ3v) is 5.12. The second-order valence-electron chi connectivity index (χ2n) is 7.21. The normalized spacial score (nSPS) is 10.8. The summed E-state index contributed by atoms with van der Waals surface area (Å²) in [6, 6.07) is 21.8. The van der Waals surface area contributed by atoms with Gasteiger partial charge in [-0.25, -0.2) is 4.98 Å². The molecular formula is C24H22N4O3. The molecule has 0 spiro atoms. The first-order valence-corrected chi connectivity index (χ1v) is 10.2. The van der Waals surface area contributed by atoms with Gasteiger partial charge in [-0.05, 0) is 37.1 Å². The molecule has 4 aromatic rings. The van der Waals surface area contributed by atoms with Gasteiger partial charge >= 0.3 is 0 Å². The zero-order chi connectivity index (χ0) is 21.6. The number of benzene rings is 3. The van der Waals surface area contributed by atoms with Crippen molar-refractivity contribution in [1.29, 1.82) is 0 Å². The SMILES string of the molecule is O=C(NCCCCNc1c2ccccc2nc2ccccc12)c1ccc([N+](=O)[O-])cc1. The number of hydrogen-bond donors (Lipinski definition) is 2. The fourth-order valence-electron chi connectivity index (χ4n) is 3.53. The van der Waals surface area contributed by atoms with E-state index in [2.05, 4.69) is 22.8 Å². The van der Waals surface area contributed by atoms with E-state index < -0.39 is 4.92 Å². The van der Waals surface area contributed by atoms with Crippen LogP contribution in [0.1, 0.15) is 23.2 Å². The van der Waals surface area contributed by atoms with E-state index in [0.29, 0.717) is 12.1 Å². The molecule has 0 saturated heterocycles. The molecule has 0 atom stereocenters. The Morgan fingerprint density at radius 2 is 1.42 bits per heavy atom. The van der Waals surface area contributed by atoms with Crippen molar-refractivity contribution in [3.05, 3.63) is 88.5 Å². The van der Waals surface area contributed by atoms with Crippen LogP contribution in [0.5, 0.6) is 0 Å². The van der Waals surface area contributed by atoms with Crippen molar-refractivity contribution in [1.82, 2.24) is 10.3 Å². The Morgan fingerprint density at radius 3 is 2.03 bits per heavy atom. The van der Waals surface area contributed by atoms with Crippen LogP contribution in [0.25, 0.3) is 21.8 Å². The molecule has 4 rings (SSSR count). The number of rotatable bonds is 8. The number of amides is 1. The largest absolute Gasteiger partial charge is 0.384 e. The molecule has 0 aliphatic heterocycles. The van der Waals surface area contributed by atoms with Gasteiger partial charge in [0, 0.05) is 41.6 Å². The Balaban J connectivity index is 1.31. The van der Waals surface area contributed by atoms with Crippen molar-refractivity contribution < 1.29 is 9.72 Å². The van der Waals surface area contributed by atoms with E-state index in [1.54, 1.807) is 0 Å². The van der Waals surface area contributed by atoms with Gasteiger partial charge in [0.2, 0.25) is 0 Å². The molecule has 1 aromatic heterocycles. The second kappa shape index (κ2) is 9.21. The first-order valence-electron chi connectivity index (χ1n) is 10.2. The number of para-hydroxylation sites is 2.